The zero-order chi connectivity index (χ0) is 23.8. The summed E-state index contributed by atoms with van der Waals surface area (Å²) in [6.07, 6.45) is 0.469. The fourth-order valence-electron chi connectivity index (χ4n) is 4.40. The molecule has 172 valence electrons. The number of carbonyl (C=O) groups is 1. The first kappa shape index (κ1) is 23.3. The molecule has 0 aliphatic carbocycles. The van der Waals surface area contributed by atoms with Gasteiger partial charge in [0.1, 0.15) is 0 Å². The first-order valence-electron chi connectivity index (χ1n) is 11.0. The smallest absolute Gasteiger partial charge is 0.264 e. The van der Waals surface area contributed by atoms with E-state index in [1.54, 1.807) is 24.3 Å². The van der Waals surface area contributed by atoms with Crippen LogP contribution in [0.25, 0.3) is 0 Å². The van der Waals surface area contributed by atoms with Crippen LogP contribution in [0.3, 0.4) is 0 Å². The van der Waals surface area contributed by atoms with Crippen molar-refractivity contribution in [2.24, 2.45) is 5.92 Å². The Balaban J connectivity index is 1.90. The van der Waals surface area contributed by atoms with E-state index in [1.807, 2.05) is 68.1 Å². The predicted molar refractivity (Wildman–Crippen MR) is 133 cm³/mol. The van der Waals surface area contributed by atoms with E-state index in [4.69, 9.17) is 11.6 Å². The van der Waals surface area contributed by atoms with Gasteiger partial charge in [-0.05, 0) is 61.4 Å². The average Bonchev–Trinajstić information content (AvgIpc) is 2.80. The van der Waals surface area contributed by atoms with Crippen LogP contribution in [0.1, 0.15) is 38.8 Å². The summed E-state index contributed by atoms with van der Waals surface area (Å²) in [5.74, 6) is -0.139. The fraction of sp³-hybridized carbons (Fsp3) is 0.269. The molecule has 1 heterocycles. The highest BCUT2D eigenvalue weighted by molar-refractivity contribution is 7.92. The first-order valence-corrected chi connectivity index (χ1v) is 12.8. The molecule has 1 aliphatic heterocycles. The largest absolute Gasteiger partial charge is 0.309 e. The van der Waals surface area contributed by atoms with E-state index in [9.17, 15) is 13.2 Å². The Morgan fingerprint density at radius 1 is 0.970 bits per heavy atom. The molecule has 0 aromatic heterocycles. The Morgan fingerprint density at radius 2 is 1.58 bits per heavy atom. The summed E-state index contributed by atoms with van der Waals surface area (Å²) in [6, 6.07) is 22.3. The Hall–Kier alpha value is -2.83. The maximum atomic E-state index is 14.0. The summed E-state index contributed by atoms with van der Waals surface area (Å²) in [7, 11) is -3.92. The molecule has 0 unspecified atom stereocenters. The van der Waals surface area contributed by atoms with Gasteiger partial charge < -0.3 is 4.90 Å². The van der Waals surface area contributed by atoms with E-state index in [0.29, 0.717) is 17.1 Å². The van der Waals surface area contributed by atoms with Gasteiger partial charge in [-0.25, -0.2) is 8.42 Å². The molecule has 2 atom stereocenters. The third-order valence-corrected chi connectivity index (χ3v) is 8.06. The lowest BCUT2D eigenvalue weighted by Gasteiger charge is -2.44. The maximum absolute atomic E-state index is 14.0. The summed E-state index contributed by atoms with van der Waals surface area (Å²) in [4.78, 5) is 15.0. The van der Waals surface area contributed by atoms with Gasteiger partial charge in [0, 0.05) is 22.7 Å². The molecule has 0 bridgehead atoms. The minimum Gasteiger partial charge on any atom is -0.309 e. The molecule has 0 saturated heterocycles. The summed E-state index contributed by atoms with van der Waals surface area (Å²) in [5, 5.41) is 0.472. The molecule has 3 aromatic rings. The molecule has 0 spiro atoms. The zero-order valence-corrected chi connectivity index (χ0v) is 20.4. The van der Waals surface area contributed by atoms with Crippen molar-refractivity contribution in [2.45, 2.75) is 44.2 Å². The highest BCUT2D eigenvalue weighted by Crippen LogP contribution is 2.44. The lowest BCUT2D eigenvalue weighted by atomic mass is 9.90. The minimum atomic E-state index is -3.92. The molecule has 4 rings (SSSR count). The van der Waals surface area contributed by atoms with E-state index in [0.717, 1.165) is 11.3 Å². The molecule has 33 heavy (non-hydrogen) atoms. The van der Waals surface area contributed by atoms with Gasteiger partial charge in [0.2, 0.25) is 5.91 Å². The molecule has 5 nitrogen and oxygen atoms in total. The normalized spacial score (nSPS) is 18.2. The summed E-state index contributed by atoms with van der Waals surface area (Å²) in [5.41, 5.74) is 2.14. The Morgan fingerprint density at radius 3 is 2.21 bits per heavy atom. The van der Waals surface area contributed by atoms with Crippen LogP contribution < -0.4 is 9.21 Å². The van der Waals surface area contributed by atoms with E-state index >= 15 is 0 Å². The lowest BCUT2D eigenvalue weighted by molar-refractivity contribution is -0.122. The number of rotatable bonds is 5. The first-order chi connectivity index (χ1) is 15.7. The number of hydrogen-bond donors (Lipinski definition) is 0. The van der Waals surface area contributed by atoms with E-state index in [-0.39, 0.29) is 22.8 Å². The Kier molecular flexibility index (Phi) is 6.50. The van der Waals surface area contributed by atoms with Gasteiger partial charge in [0.15, 0.2) is 0 Å². The lowest BCUT2D eigenvalue weighted by Crippen LogP contribution is -2.49. The minimum absolute atomic E-state index is 0.0280. The van der Waals surface area contributed by atoms with E-state index < -0.39 is 16.1 Å². The van der Waals surface area contributed by atoms with Crippen molar-refractivity contribution in [3.8, 4) is 0 Å². The number of carbonyl (C=O) groups excluding carboxylic acids is 1. The molecule has 0 radical (unpaired) electrons. The van der Waals surface area contributed by atoms with Crippen LogP contribution in [0.4, 0.5) is 11.4 Å². The van der Waals surface area contributed by atoms with Crippen LogP contribution in [-0.4, -0.2) is 20.4 Å². The molecular weight excluding hydrogens is 456 g/mol. The van der Waals surface area contributed by atoms with Gasteiger partial charge in [-0.2, -0.15) is 0 Å². The van der Waals surface area contributed by atoms with Crippen LogP contribution >= 0.6 is 11.6 Å². The summed E-state index contributed by atoms with van der Waals surface area (Å²) in [6.45, 7) is 5.73. The number of benzene rings is 3. The molecule has 0 saturated carbocycles. The molecule has 1 aliphatic rings. The van der Waals surface area contributed by atoms with Gasteiger partial charge in [0.25, 0.3) is 10.0 Å². The van der Waals surface area contributed by atoms with Gasteiger partial charge in [0.05, 0.1) is 16.6 Å². The van der Waals surface area contributed by atoms with Crippen molar-refractivity contribution in [3.05, 3.63) is 89.4 Å². The van der Waals surface area contributed by atoms with Crippen molar-refractivity contribution >= 4 is 38.9 Å². The number of anilines is 2. The van der Waals surface area contributed by atoms with E-state index in [2.05, 4.69) is 0 Å². The van der Waals surface area contributed by atoms with Crippen molar-refractivity contribution in [1.29, 1.82) is 0 Å². The molecular formula is C26H27ClN2O3S. The average molecular weight is 483 g/mol. The predicted octanol–water partition coefficient (Wildman–Crippen LogP) is 6.06. The van der Waals surface area contributed by atoms with Gasteiger partial charge >= 0.3 is 0 Å². The molecule has 7 heteroatoms. The van der Waals surface area contributed by atoms with Gasteiger partial charge in [-0.1, -0.05) is 61.8 Å². The number of fused-ring (bicyclic) bond motifs is 1. The van der Waals surface area contributed by atoms with Crippen molar-refractivity contribution < 1.29 is 13.2 Å². The maximum Gasteiger partial charge on any atom is 0.264 e. The number of para-hydroxylation sites is 2. The SMILES string of the molecule is CC(C)C(=O)N1c2ccccc2[C@H](N(c2ccccc2)S(=O)(=O)c2ccc(Cl)cc2)C[C@H]1C. The molecule has 3 aromatic carbocycles. The second-order valence-corrected chi connectivity index (χ2v) is 10.9. The van der Waals surface area contributed by atoms with E-state index in [1.165, 1.54) is 16.4 Å². The topological polar surface area (TPSA) is 57.7 Å². The van der Waals surface area contributed by atoms with Crippen LogP contribution in [0, 0.1) is 5.92 Å². The second kappa shape index (κ2) is 9.20. The van der Waals surface area contributed by atoms with Crippen molar-refractivity contribution in [2.75, 3.05) is 9.21 Å². The number of amides is 1. The standard InChI is InChI=1S/C26H27ClN2O3S/c1-18(2)26(30)28-19(3)17-25(23-11-7-8-12-24(23)28)29(21-9-5-4-6-10-21)33(31,32)22-15-13-20(27)14-16-22/h4-16,18-19,25H,17H2,1-3H3/t19-,25-/m1/s1. The van der Waals surface area contributed by atoms with Crippen LogP contribution in [0.2, 0.25) is 5.02 Å². The number of hydrogen-bond acceptors (Lipinski definition) is 3. The highest BCUT2D eigenvalue weighted by Gasteiger charge is 2.41. The van der Waals surface area contributed by atoms with Gasteiger partial charge in [-0.3, -0.25) is 9.10 Å². The van der Waals surface area contributed by atoms with Gasteiger partial charge in [-0.15, -0.1) is 0 Å². The number of nitrogens with zero attached hydrogens (tertiary/aromatic N) is 2. The zero-order valence-electron chi connectivity index (χ0n) is 18.9. The third kappa shape index (κ3) is 4.37. The van der Waals surface area contributed by atoms with Crippen LogP contribution in [0.15, 0.2) is 83.8 Å². The van der Waals surface area contributed by atoms with Crippen LogP contribution in [-0.2, 0) is 14.8 Å². The van der Waals surface area contributed by atoms with Crippen molar-refractivity contribution in [3.63, 3.8) is 0 Å². The monoisotopic (exact) mass is 482 g/mol. The molecule has 0 fully saturated rings. The second-order valence-electron chi connectivity index (χ2n) is 8.61. The summed E-state index contributed by atoms with van der Waals surface area (Å²) >= 11 is 6.02. The quantitative estimate of drug-likeness (QED) is 0.444. The fourth-order valence-corrected chi connectivity index (χ4v) is 6.17. The summed E-state index contributed by atoms with van der Waals surface area (Å²) < 4.78 is 29.5. The molecule has 1 amide bonds. The Labute approximate surface area is 200 Å². The van der Waals surface area contributed by atoms with Crippen molar-refractivity contribution in [1.82, 2.24) is 0 Å². The number of halogens is 1. The Bertz CT molecular complexity index is 1240. The molecule has 0 N–H and O–H groups in total. The number of sulfonamides is 1. The van der Waals surface area contributed by atoms with Crippen LogP contribution in [0.5, 0.6) is 0 Å². The highest BCUT2D eigenvalue weighted by atomic mass is 35.5. The third-order valence-electron chi connectivity index (χ3n) is 5.96.